The zero-order valence-electron chi connectivity index (χ0n) is 18.9. The normalized spacial score (nSPS) is 17.8. The van der Waals surface area contributed by atoms with Crippen LogP contribution in [-0.4, -0.2) is 23.9 Å². The van der Waals surface area contributed by atoms with Gasteiger partial charge in [-0.3, -0.25) is 14.0 Å². The second-order valence-electron chi connectivity index (χ2n) is 8.91. The number of nitrogens with one attached hydrogen (secondary N) is 1. The Bertz CT molecular complexity index is 1180. The van der Waals surface area contributed by atoms with Crippen LogP contribution in [0.5, 0.6) is 0 Å². The predicted molar refractivity (Wildman–Crippen MR) is 140 cm³/mol. The molecule has 0 aliphatic carbocycles. The van der Waals surface area contributed by atoms with Crippen molar-refractivity contribution in [2.24, 2.45) is 0 Å². The summed E-state index contributed by atoms with van der Waals surface area (Å²) in [5.74, 6) is -0.119. The summed E-state index contributed by atoms with van der Waals surface area (Å²) < 4.78 is 1.44. The van der Waals surface area contributed by atoms with Gasteiger partial charge in [-0.2, -0.15) is 0 Å². The molecule has 2 aliphatic heterocycles. The molecule has 0 saturated carbocycles. The highest BCUT2D eigenvalue weighted by atomic mass is 32.1. The molecule has 5 rings (SSSR count). The summed E-state index contributed by atoms with van der Waals surface area (Å²) in [4.78, 5) is 15.8. The fourth-order valence-corrected chi connectivity index (χ4v) is 4.98. The number of carbonyl (C=O) groups excluding carboxylic acids is 1. The molecule has 0 unspecified atom stereocenters. The van der Waals surface area contributed by atoms with E-state index in [-0.39, 0.29) is 5.91 Å². The molecule has 1 N–H and O–H groups in total. The summed E-state index contributed by atoms with van der Waals surface area (Å²) in [7, 11) is 0. The van der Waals surface area contributed by atoms with Gasteiger partial charge in [0.25, 0.3) is 5.91 Å². The van der Waals surface area contributed by atoms with Gasteiger partial charge in [0.2, 0.25) is 0 Å². The van der Waals surface area contributed by atoms with Crippen molar-refractivity contribution >= 4 is 41.4 Å². The molecule has 0 radical (unpaired) electrons. The van der Waals surface area contributed by atoms with Crippen LogP contribution in [0.2, 0.25) is 0 Å². The lowest BCUT2D eigenvalue weighted by molar-refractivity contribution is -0.111. The van der Waals surface area contributed by atoms with Gasteiger partial charge in [0.15, 0.2) is 0 Å². The number of hydrogen-bond donors (Lipinski definition) is 2. The van der Waals surface area contributed by atoms with E-state index >= 15 is 0 Å². The molecule has 168 valence electrons. The van der Waals surface area contributed by atoms with Crippen molar-refractivity contribution in [3.63, 3.8) is 0 Å². The van der Waals surface area contributed by atoms with Gasteiger partial charge in [0.1, 0.15) is 0 Å². The minimum absolute atomic E-state index is 0.119. The van der Waals surface area contributed by atoms with E-state index in [1.54, 1.807) is 0 Å². The van der Waals surface area contributed by atoms with Crippen LogP contribution in [0.4, 0.5) is 11.4 Å². The maximum Gasteiger partial charge on any atom is 0.271 e. The Kier molecular flexibility index (Phi) is 6.25. The van der Waals surface area contributed by atoms with Crippen LogP contribution in [-0.2, 0) is 11.3 Å². The van der Waals surface area contributed by atoms with E-state index in [1.807, 2.05) is 49.4 Å². The highest BCUT2D eigenvalue weighted by molar-refractivity contribution is 7.82. The van der Waals surface area contributed by atoms with Crippen molar-refractivity contribution in [3.05, 3.63) is 95.1 Å². The Morgan fingerprint density at radius 1 is 0.939 bits per heavy atom. The summed E-state index contributed by atoms with van der Waals surface area (Å²) in [5, 5.41) is 3.56. The molecule has 33 heavy (non-hydrogen) atoms. The van der Waals surface area contributed by atoms with Gasteiger partial charge in [0, 0.05) is 17.8 Å². The van der Waals surface area contributed by atoms with E-state index < -0.39 is 0 Å². The molecule has 1 saturated heterocycles. The van der Waals surface area contributed by atoms with E-state index in [2.05, 4.69) is 53.4 Å². The zero-order valence-corrected chi connectivity index (χ0v) is 19.8. The molecule has 1 fully saturated rings. The van der Waals surface area contributed by atoms with Crippen LogP contribution in [0, 0.1) is 6.92 Å². The van der Waals surface area contributed by atoms with E-state index in [0.29, 0.717) is 5.57 Å². The van der Waals surface area contributed by atoms with E-state index in [0.717, 1.165) is 40.3 Å². The second kappa shape index (κ2) is 9.46. The average molecular weight is 456 g/mol. The third kappa shape index (κ3) is 4.56. The zero-order chi connectivity index (χ0) is 22.8. The predicted octanol–water partition coefficient (Wildman–Crippen LogP) is 6.15. The number of nitrogens with zero attached hydrogens (tertiary/aromatic N) is 2. The maximum atomic E-state index is 13.3. The van der Waals surface area contributed by atoms with Crippen molar-refractivity contribution in [1.82, 2.24) is 4.90 Å². The minimum atomic E-state index is -0.119. The summed E-state index contributed by atoms with van der Waals surface area (Å²) in [6.45, 7) is 5.41. The van der Waals surface area contributed by atoms with Gasteiger partial charge in [-0.25, -0.2) is 0 Å². The number of carbonyl (C=O) groups is 1. The molecular formula is C28H29N3OS. The first-order valence-corrected chi connectivity index (χ1v) is 12.0. The molecule has 3 aromatic rings. The standard InChI is InChI=1S/C28H29N3OS/c1-20-10-15-25-24(18-20)26(28(32)31(25)33)27(22-8-4-2-5-9-22)29-23-13-11-21(12-14-23)19-30-16-6-3-7-17-30/h2,4-5,8-15,18,29,33H,3,6-7,16-17,19H2,1H3/b27-26-. The Labute approximate surface area is 201 Å². The quantitative estimate of drug-likeness (QED) is 0.358. The number of piperidine rings is 1. The van der Waals surface area contributed by atoms with Gasteiger partial charge in [-0.1, -0.05) is 73.3 Å². The first-order chi connectivity index (χ1) is 16.1. The summed E-state index contributed by atoms with van der Waals surface area (Å²) in [6.07, 6.45) is 3.94. The smallest absolute Gasteiger partial charge is 0.271 e. The number of amides is 1. The van der Waals surface area contributed by atoms with Crippen molar-refractivity contribution < 1.29 is 4.79 Å². The Morgan fingerprint density at radius 2 is 1.67 bits per heavy atom. The van der Waals surface area contributed by atoms with E-state index in [4.69, 9.17) is 0 Å². The molecule has 5 heteroatoms. The fourth-order valence-electron chi connectivity index (χ4n) is 4.70. The molecule has 4 nitrogen and oxygen atoms in total. The van der Waals surface area contributed by atoms with Crippen molar-refractivity contribution in [1.29, 1.82) is 0 Å². The Hall–Kier alpha value is -3.02. The Morgan fingerprint density at radius 3 is 2.39 bits per heavy atom. The maximum absolute atomic E-state index is 13.3. The number of thiol groups is 1. The van der Waals surface area contributed by atoms with Crippen molar-refractivity contribution in [2.45, 2.75) is 32.7 Å². The molecule has 3 aromatic carbocycles. The number of anilines is 2. The summed E-state index contributed by atoms with van der Waals surface area (Å²) >= 11 is 4.49. The van der Waals surface area contributed by atoms with Crippen molar-refractivity contribution in [3.8, 4) is 0 Å². The third-order valence-electron chi connectivity index (χ3n) is 6.45. The number of likely N-dealkylation sites (tertiary alicyclic amines) is 1. The highest BCUT2D eigenvalue weighted by Crippen LogP contribution is 2.42. The molecule has 2 aliphatic rings. The van der Waals surface area contributed by atoms with E-state index in [1.165, 1.54) is 42.2 Å². The molecule has 2 heterocycles. The van der Waals surface area contributed by atoms with Gasteiger partial charge in [-0.05, 0) is 68.2 Å². The van der Waals surface area contributed by atoms with Crippen LogP contribution < -0.4 is 9.62 Å². The molecule has 0 aromatic heterocycles. The number of aryl methyl sites for hydroxylation is 1. The molecule has 0 bridgehead atoms. The highest BCUT2D eigenvalue weighted by Gasteiger charge is 2.34. The van der Waals surface area contributed by atoms with Crippen LogP contribution in [0.1, 0.15) is 41.5 Å². The number of hydrogen-bond acceptors (Lipinski definition) is 4. The largest absolute Gasteiger partial charge is 0.354 e. The summed E-state index contributed by atoms with van der Waals surface area (Å²) in [6, 6.07) is 24.7. The van der Waals surface area contributed by atoms with Crippen LogP contribution in [0.25, 0.3) is 11.3 Å². The molecule has 0 spiro atoms. The first kappa shape index (κ1) is 21.8. The fraction of sp³-hybridized carbons (Fsp3) is 0.250. The topological polar surface area (TPSA) is 35.6 Å². The van der Waals surface area contributed by atoms with Crippen LogP contribution in [0.3, 0.4) is 0 Å². The first-order valence-electron chi connectivity index (χ1n) is 11.6. The summed E-state index contributed by atoms with van der Waals surface area (Å²) in [5.41, 5.74) is 7.52. The number of benzene rings is 3. The lowest BCUT2D eigenvalue weighted by atomic mass is 9.98. The van der Waals surface area contributed by atoms with Gasteiger partial charge >= 0.3 is 0 Å². The molecule has 0 atom stereocenters. The number of rotatable bonds is 5. The Balaban J connectivity index is 1.50. The van der Waals surface area contributed by atoms with Crippen molar-refractivity contribution in [2.75, 3.05) is 22.7 Å². The second-order valence-corrected chi connectivity index (χ2v) is 9.31. The number of fused-ring (bicyclic) bond motifs is 1. The van der Waals surface area contributed by atoms with E-state index in [9.17, 15) is 4.79 Å². The molecular weight excluding hydrogens is 426 g/mol. The average Bonchev–Trinajstić information content (AvgIpc) is 3.09. The monoisotopic (exact) mass is 455 g/mol. The van der Waals surface area contributed by atoms with Gasteiger partial charge in [0.05, 0.1) is 17.0 Å². The lowest BCUT2D eigenvalue weighted by Gasteiger charge is -2.26. The minimum Gasteiger partial charge on any atom is -0.354 e. The lowest BCUT2D eigenvalue weighted by Crippen LogP contribution is -2.29. The van der Waals surface area contributed by atoms with Crippen LogP contribution >= 0.6 is 12.8 Å². The van der Waals surface area contributed by atoms with Gasteiger partial charge in [-0.15, -0.1) is 0 Å². The molecule has 1 amide bonds. The van der Waals surface area contributed by atoms with Crippen LogP contribution in [0.15, 0.2) is 72.8 Å². The SMILES string of the molecule is Cc1ccc2c(c1)/C(=C(/Nc1ccc(CN3CCCCC3)cc1)c1ccccc1)C(=O)N2S. The van der Waals surface area contributed by atoms with Gasteiger partial charge < -0.3 is 5.32 Å². The third-order valence-corrected chi connectivity index (χ3v) is 6.84.